The summed E-state index contributed by atoms with van der Waals surface area (Å²) in [5.41, 5.74) is -2.02. The molecule has 0 saturated heterocycles. The lowest BCUT2D eigenvalue weighted by atomic mass is 10.0. The van der Waals surface area contributed by atoms with Gasteiger partial charge in [0.25, 0.3) is 17.7 Å². The first kappa shape index (κ1) is 51.4. The van der Waals surface area contributed by atoms with Crippen molar-refractivity contribution in [3.63, 3.8) is 0 Å². The maximum absolute atomic E-state index is 13.0. The van der Waals surface area contributed by atoms with Crippen LogP contribution in [0.4, 0.5) is 0 Å². The number of carbonyl (C=O) groups is 5. The van der Waals surface area contributed by atoms with Crippen LogP contribution in [0.3, 0.4) is 0 Å². The quantitative estimate of drug-likeness (QED) is 0.0780. The molecule has 0 heterocycles. The molecular weight excluding hydrogens is 736 g/mol. The van der Waals surface area contributed by atoms with Gasteiger partial charge in [-0.25, -0.2) is 0 Å². The molecule has 0 unspecified atom stereocenters. The van der Waals surface area contributed by atoms with Crippen LogP contribution in [0, 0.1) is 0 Å². The Morgan fingerprint density at radius 1 is 0.579 bits per heavy atom. The number of nitrogens with one attached hydrogen (secondary N) is 4. The summed E-state index contributed by atoms with van der Waals surface area (Å²) in [7, 11) is 0. The number of ether oxygens (including phenoxy) is 6. The highest BCUT2D eigenvalue weighted by molar-refractivity contribution is 5.95. The minimum atomic E-state index is -0.695. The molecule has 326 valence electrons. The lowest BCUT2D eigenvalue weighted by Gasteiger charge is -2.28. The van der Waals surface area contributed by atoms with Crippen molar-refractivity contribution in [3.8, 4) is 11.5 Å². The van der Waals surface area contributed by atoms with Crippen LogP contribution < -0.4 is 30.7 Å². The molecule has 0 saturated carbocycles. The highest BCUT2D eigenvalue weighted by atomic mass is 16.6. The zero-order chi connectivity index (χ0) is 43.3. The fraction of sp³-hybridized carbons (Fsp3) is 0.738. The first-order valence-corrected chi connectivity index (χ1v) is 19.9. The van der Waals surface area contributed by atoms with Crippen molar-refractivity contribution in [2.75, 3.05) is 65.8 Å². The van der Waals surface area contributed by atoms with Gasteiger partial charge in [0.15, 0.2) is 13.2 Å². The van der Waals surface area contributed by atoms with Crippen molar-refractivity contribution in [1.82, 2.24) is 21.3 Å². The van der Waals surface area contributed by atoms with Crippen LogP contribution in [-0.4, -0.2) is 124 Å². The van der Waals surface area contributed by atoms with E-state index in [1.807, 2.05) is 69.2 Å². The van der Waals surface area contributed by atoms with E-state index in [1.165, 1.54) is 25.1 Å². The van der Waals surface area contributed by atoms with Crippen molar-refractivity contribution < 1.29 is 52.4 Å². The molecule has 57 heavy (non-hydrogen) atoms. The molecule has 0 radical (unpaired) electrons. The average Bonchev–Trinajstić information content (AvgIpc) is 3.09. The van der Waals surface area contributed by atoms with E-state index in [4.69, 9.17) is 28.4 Å². The molecule has 4 N–H and O–H groups in total. The maximum atomic E-state index is 13.0. The van der Waals surface area contributed by atoms with Gasteiger partial charge in [-0.1, -0.05) is 13.8 Å². The summed E-state index contributed by atoms with van der Waals surface area (Å²) in [5, 5.41) is 11.7. The number of rotatable bonds is 31. The van der Waals surface area contributed by atoms with Gasteiger partial charge in [0, 0.05) is 56.7 Å². The van der Waals surface area contributed by atoms with E-state index in [2.05, 4.69) is 21.3 Å². The lowest BCUT2D eigenvalue weighted by Crippen LogP contribution is -2.43. The Balaban J connectivity index is 2.73. The van der Waals surface area contributed by atoms with Gasteiger partial charge in [0.2, 0.25) is 0 Å². The van der Waals surface area contributed by atoms with Gasteiger partial charge in [-0.15, -0.1) is 0 Å². The lowest BCUT2D eigenvalue weighted by molar-refractivity contribution is -0.127. The van der Waals surface area contributed by atoms with E-state index in [0.29, 0.717) is 71.7 Å². The fourth-order valence-electron chi connectivity index (χ4n) is 5.32. The van der Waals surface area contributed by atoms with Crippen LogP contribution in [0.2, 0.25) is 0 Å². The monoisotopic (exact) mass is 809 g/mol. The second kappa shape index (κ2) is 25.0. The maximum Gasteiger partial charge on any atom is 0.258 e. The average molecular weight is 809 g/mol. The van der Waals surface area contributed by atoms with Crippen molar-refractivity contribution in [2.24, 2.45) is 0 Å². The van der Waals surface area contributed by atoms with Crippen molar-refractivity contribution >= 4 is 29.3 Å². The van der Waals surface area contributed by atoms with Crippen molar-refractivity contribution in [1.29, 1.82) is 0 Å². The zero-order valence-electron chi connectivity index (χ0n) is 36.7. The van der Waals surface area contributed by atoms with Crippen LogP contribution in [0.15, 0.2) is 18.2 Å². The first-order chi connectivity index (χ1) is 26.4. The van der Waals surface area contributed by atoms with Crippen LogP contribution in [-0.2, 0) is 38.1 Å². The molecule has 0 bridgehead atoms. The summed E-state index contributed by atoms with van der Waals surface area (Å²) in [6.07, 6.45) is 1.91. The third kappa shape index (κ3) is 26.1. The molecule has 0 aliphatic heterocycles. The predicted molar refractivity (Wildman–Crippen MR) is 219 cm³/mol. The number of Topliss-reactive ketones (excluding diaryl/α,β-unsaturated/α-hetero) is 2. The van der Waals surface area contributed by atoms with Gasteiger partial charge in [0.1, 0.15) is 23.1 Å². The Hall–Kier alpha value is -3.63. The SMILES string of the molecule is CC(=O)CCC(C)(C)OCCOC(C)(C)CNC(=O)COc1cc(OCC(=O)NCCC(C)(C)OCCOC(C)(C)CC(C)=O)cc(C(=O)NCCNC(C)C)c1. The molecule has 15 heteroatoms. The summed E-state index contributed by atoms with van der Waals surface area (Å²) in [5.74, 6) is -0.543. The van der Waals surface area contributed by atoms with E-state index in [0.717, 1.165) is 0 Å². The molecule has 1 aromatic carbocycles. The third-order valence-electron chi connectivity index (χ3n) is 8.50. The minimum absolute atomic E-state index is 0.0588. The van der Waals surface area contributed by atoms with Crippen LogP contribution >= 0.6 is 0 Å². The molecule has 0 spiro atoms. The molecule has 1 aromatic rings. The van der Waals surface area contributed by atoms with Gasteiger partial charge in [-0.2, -0.15) is 0 Å². The highest BCUT2D eigenvalue weighted by Gasteiger charge is 2.24. The molecule has 1 rings (SSSR count). The Morgan fingerprint density at radius 3 is 1.58 bits per heavy atom. The Bertz CT molecular complexity index is 1430. The van der Waals surface area contributed by atoms with Crippen LogP contribution in [0.25, 0.3) is 0 Å². The predicted octanol–water partition coefficient (Wildman–Crippen LogP) is 4.32. The summed E-state index contributed by atoms with van der Waals surface area (Å²) >= 11 is 0. The van der Waals surface area contributed by atoms with Gasteiger partial charge in [-0.05, 0) is 94.2 Å². The van der Waals surface area contributed by atoms with E-state index in [1.54, 1.807) is 6.92 Å². The summed E-state index contributed by atoms with van der Waals surface area (Å²) in [6, 6.07) is 4.79. The summed E-state index contributed by atoms with van der Waals surface area (Å²) < 4.78 is 35.1. The second-order valence-electron chi connectivity index (χ2n) is 17.0. The van der Waals surface area contributed by atoms with Crippen LogP contribution in [0.1, 0.15) is 119 Å². The summed E-state index contributed by atoms with van der Waals surface area (Å²) in [4.78, 5) is 61.3. The number of hydrogen-bond donors (Lipinski definition) is 4. The minimum Gasteiger partial charge on any atom is -0.484 e. The number of carbonyl (C=O) groups excluding carboxylic acids is 5. The first-order valence-electron chi connectivity index (χ1n) is 19.9. The van der Waals surface area contributed by atoms with E-state index >= 15 is 0 Å². The number of amides is 3. The standard InChI is InChI=1S/C42H72N4O11/c1-30(2)43-17-18-45-38(51)33-23-34(52-27-36(49)44-16-15-40(7,8)55-19-21-56-41(9,10)26-32(4)48)25-35(24-33)53-28-37(50)46-29-42(11,12)57-22-20-54-39(5,6)14-13-31(3)47/h23-25,30,43H,13-22,26-29H2,1-12H3,(H,44,49)(H,45,51)(H,46,50). The van der Waals surface area contributed by atoms with Gasteiger partial charge < -0.3 is 54.5 Å². The number of benzene rings is 1. The number of ketones is 2. The Kier molecular flexibility index (Phi) is 22.5. The second-order valence-corrected chi connectivity index (χ2v) is 17.0. The van der Waals surface area contributed by atoms with Crippen LogP contribution in [0.5, 0.6) is 11.5 Å². The Labute approximate surface area is 340 Å². The van der Waals surface area contributed by atoms with E-state index in [-0.39, 0.29) is 66.2 Å². The smallest absolute Gasteiger partial charge is 0.258 e. The van der Waals surface area contributed by atoms with Crippen molar-refractivity contribution in [2.45, 2.75) is 137 Å². The molecule has 0 atom stereocenters. The Morgan fingerprint density at radius 2 is 1.07 bits per heavy atom. The topological polar surface area (TPSA) is 189 Å². The van der Waals surface area contributed by atoms with Gasteiger partial charge in [-0.3, -0.25) is 19.2 Å². The molecule has 15 nitrogen and oxygen atoms in total. The molecule has 0 fully saturated rings. The summed E-state index contributed by atoms with van der Waals surface area (Å²) in [6.45, 7) is 24.4. The van der Waals surface area contributed by atoms with Gasteiger partial charge in [0.05, 0.1) is 48.8 Å². The highest BCUT2D eigenvalue weighted by Crippen LogP contribution is 2.24. The van der Waals surface area contributed by atoms with Gasteiger partial charge >= 0.3 is 0 Å². The third-order valence-corrected chi connectivity index (χ3v) is 8.50. The largest absolute Gasteiger partial charge is 0.484 e. The molecule has 3 amide bonds. The zero-order valence-corrected chi connectivity index (χ0v) is 36.7. The molecule has 0 aliphatic carbocycles. The normalized spacial score (nSPS) is 12.3. The van der Waals surface area contributed by atoms with E-state index in [9.17, 15) is 24.0 Å². The molecule has 0 aromatic heterocycles. The van der Waals surface area contributed by atoms with Crippen molar-refractivity contribution in [3.05, 3.63) is 23.8 Å². The molecule has 0 aliphatic rings. The molecular formula is C42H72N4O11. The number of hydrogen-bond acceptors (Lipinski definition) is 12. The fourth-order valence-corrected chi connectivity index (χ4v) is 5.32. The van der Waals surface area contributed by atoms with E-state index < -0.39 is 28.3 Å².